The van der Waals surface area contributed by atoms with Gasteiger partial charge >= 0.3 is 17.1 Å². The molecule has 0 amide bonds. The van der Waals surface area contributed by atoms with E-state index in [0.717, 1.165) is 5.69 Å². The molecule has 4 rings (SSSR count). The third-order valence-electron chi connectivity index (χ3n) is 5.77. The average Bonchev–Trinajstić information content (AvgIpc) is 3.32. The molecule has 0 atom stereocenters. The summed E-state index contributed by atoms with van der Waals surface area (Å²) in [5, 5.41) is 0. The summed E-state index contributed by atoms with van der Waals surface area (Å²) in [7, 11) is 0. The molecule has 1 aromatic carbocycles. The smallest absolute Gasteiger partial charge is 0.663 e. The van der Waals surface area contributed by atoms with Gasteiger partial charge in [-0.1, -0.05) is 58.9 Å². The Morgan fingerprint density at radius 1 is 0.889 bits per heavy atom. The minimum Gasteiger partial charge on any atom is -0.663 e. The summed E-state index contributed by atoms with van der Waals surface area (Å²) < 4.78 is 0. The number of pyridine rings is 1. The topological polar surface area (TPSA) is 17.3 Å². The Bertz CT molecular complexity index is 711. The van der Waals surface area contributed by atoms with Crippen molar-refractivity contribution in [1.29, 1.82) is 0 Å². The van der Waals surface area contributed by atoms with Gasteiger partial charge in [-0.05, 0) is 18.4 Å². The standard InChI is InChI=1S/C12H13N2.C10H15.2CH3.Fe/c1-2-9-14(8-1)12-6-7-13-11-5-3-4-10(11)12;1-6-7(2)9(4)10(5)8(6)3;;;/h3-7H,1-2,8-9H2;1-5H3;2*1H3;/q4*-1;+2. The van der Waals surface area contributed by atoms with Gasteiger partial charge in [0.2, 0.25) is 0 Å². The number of hydrogen-bond donors (Lipinski definition) is 0. The van der Waals surface area contributed by atoms with Crippen LogP contribution in [0.1, 0.15) is 40.7 Å². The minimum atomic E-state index is 0. The Labute approximate surface area is 177 Å². The molecule has 0 radical (unpaired) electrons. The van der Waals surface area contributed by atoms with Gasteiger partial charge in [-0.25, -0.2) is 0 Å². The molecule has 3 heteroatoms. The Morgan fingerprint density at radius 3 is 1.93 bits per heavy atom. The number of aromatic nitrogens is 1. The van der Waals surface area contributed by atoms with Crippen LogP contribution in [0.25, 0.3) is 11.3 Å². The number of nitrogens with zero attached hydrogens (tertiary/aromatic N) is 2. The van der Waals surface area contributed by atoms with Crippen molar-refractivity contribution < 1.29 is 17.1 Å². The number of fused-ring (bicyclic) bond motifs is 1. The second-order valence-corrected chi connectivity index (χ2v) is 6.97. The quantitative estimate of drug-likeness (QED) is 0.354. The minimum absolute atomic E-state index is 0. The first-order valence-electron chi connectivity index (χ1n) is 8.95. The molecule has 27 heavy (non-hydrogen) atoms. The van der Waals surface area contributed by atoms with E-state index in [9.17, 15) is 0 Å². The zero-order valence-corrected chi connectivity index (χ0v) is 19.1. The molecule has 1 aromatic rings. The Morgan fingerprint density at radius 2 is 1.44 bits per heavy atom. The van der Waals surface area contributed by atoms with Gasteiger partial charge in [-0.2, -0.15) is 34.0 Å². The predicted octanol–water partition coefficient (Wildman–Crippen LogP) is 6.19. The van der Waals surface area contributed by atoms with E-state index in [1.54, 1.807) is 0 Å². The van der Waals surface area contributed by atoms with Gasteiger partial charge in [0.25, 0.3) is 0 Å². The second-order valence-electron chi connectivity index (χ2n) is 6.97. The van der Waals surface area contributed by atoms with Crippen molar-refractivity contribution in [2.24, 2.45) is 0 Å². The monoisotopic (exact) mass is 406 g/mol. The van der Waals surface area contributed by atoms with Gasteiger partial charge in [0, 0.05) is 18.8 Å². The molecule has 0 aromatic heterocycles. The van der Waals surface area contributed by atoms with Gasteiger partial charge in [-0.3, -0.25) is 0 Å². The molecule has 0 N–H and O–H groups in total. The van der Waals surface area contributed by atoms with Gasteiger partial charge in [0.05, 0.1) is 0 Å². The maximum atomic E-state index is 4.35. The SMILES string of the molecule is Cc1c(C)c(C)[c-](C)c1C.[CH3-].[CH3-].[Fe+2].c1cc2[n-]ccc(N3CCCC3)c-2c1. The van der Waals surface area contributed by atoms with Crippen LogP contribution in [0.15, 0.2) is 30.5 Å². The van der Waals surface area contributed by atoms with Crippen LogP contribution in [-0.4, -0.2) is 13.1 Å². The molecule has 1 aliphatic carbocycles. The normalized spacial score (nSPS) is 12.6. The van der Waals surface area contributed by atoms with E-state index in [-0.39, 0.29) is 31.9 Å². The Balaban J connectivity index is 0.000000473. The molecule has 0 unspecified atom stereocenters. The van der Waals surface area contributed by atoms with Gasteiger partial charge in [0.15, 0.2) is 0 Å². The van der Waals surface area contributed by atoms with E-state index in [1.807, 2.05) is 6.20 Å². The van der Waals surface area contributed by atoms with Crippen molar-refractivity contribution in [2.75, 3.05) is 18.0 Å². The number of anilines is 1. The maximum absolute atomic E-state index is 4.35. The van der Waals surface area contributed by atoms with Crippen molar-refractivity contribution >= 4 is 5.69 Å². The van der Waals surface area contributed by atoms with Crippen LogP contribution >= 0.6 is 0 Å². The number of hydrogen-bond acceptors (Lipinski definition) is 1. The van der Waals surface area contributed by atoms with Crippen molar-refractivity contribution in [3.8, 4) is 11.3 Å². The van der Waals surface area contributed by atoms with E-state index in [0.29, 0.717) is 0 Å². The summed E-state index contributed by atoms with van der Waals surface area (Å²) in [6.45, 7) is 13.4. The molecule has 0 spiro atoms. The third kappa shape index (κ3) is 5.03. The molecule has 150 valence electrons. The van der Waals surface area contributed by atoms with Crippen LogP contribution in [0, 0.1) is 49.5 Å². The van der Waals surface area contributed by atoms with Gasteiger partial charge in [-0.15, -0.1) is 5.69 Å². The van der Waals surface area contributed by atoms with Crippen LogP contribution in [-0.2, 0) is 17.1 Å². The Kier molecular flexibility index (Phi) is 10.1. The summed E-state index contributed by atoms with van der Waals surface area (Å²) in [5.74, 6) is 0. The zero-order valence-electron chi connectivity index (χ0n) is 18.0. The molecule has 1 saturated heterocycles. The first-order valence-corrected chi connectivity index (χ1v) is 8.95. The first-order chi connectivity index (χ1) is 11.5. The van der Waals surface area contributed by atoms with Crippen LogP contribution in [0.2, 0.25) is 0 Å². The molecule has 0 bridgehead atoms. The van der Waals surface area contributed by atoms with E-state index < -0.39 is 0 Å². The second kappa shape index (κ2) is 10.7. The van der Waals surface area contributed by atoms with Gasteiger partial charge in [0.1, 0.15) is 0 Å². The van der Waals surface area contributed by atoms with Gasteiger partial charge < -0.3 is 24.7 Å². The number of rotatable bonds is 1. The fourth-order valence-electron chi connectivity index (χ4n) is 3.66. The maximum Gasteiger partial charge on any atom is 2.00 e. The van der Waals surface area contributed by atoms with E-state index in [1.165, 1.54) is 65.0 Å². The summed E-state index contributed by atoms with van der Waals surface area (Å²) >= 11 is 0. The molecule has 3 aliphatic rings. The molecule has 2 aliphatic heterocycles. The fourth-order valence-corrected chi connectivity index (χ4v) is 3.66. The van der Waals surface area contributed by atoms with Crippen molar-refractivity contribution in [1.82, 2.24) is 4.98 Å². The predicted molar refractivity (Wildman–Crippen MR) is 116 cm³/mol. The summed E-state index contributed by atoms with van der Waals surface area (Å²) in [6.07, 6.45) is 4.56. The van der Waals surface area contributed by atoms with E-state index in [2.05, 4.69) is 68.8 Å². The average molecular weight is 406 g/mol. The van der Waals surface area contributed by atoms with Crippen LogP contribution in [0.4, 0.5) is 5.69 Å². The van der Waals surface area contributed by atoms with E-state index >= 15 is 0 Å². The third-order valence-corrected chi connectivity index (χ3v) is 5.77. The largest absolute Gasteiger partial charge is 2.00 e. The molecule has 2 heterocycles. The Hall–Kier alpha value is -1.57. The zero-order chi connectivity index (χ0) is 17.3. The fraction of sp³-hybridized carbons (Fsp3) is 0.375. The first kappa shape index (κ1) is 25.4. The van der Waals surface area contributed by atoms with Crippen LogP contribution in [0.5, 0.6) is 0 Å². The summed E-state index contributed by atoms with van der Waals surface area (Å²) in [4.78, 5) is 6.81. The summed E-state index contributed by atoms with van der Waals surface area (Å²) in [5.41, 5.74) is 11.1. The molecule has 1 fully saturated rings. The van der Waals surface area contributed by atoms with Crippen molar-refractivity contribution in [3.05, 3.63) is 73.1 Å². The van der Waals surface area contributed by atoms with Crippen LogP contribution < -0.4 is 9.88 Å². The van der Waals surface area contributed by atoms with E-state index in [4.69, 9.17) is 0 Å². The molecular formula is C24H34FeN2-2. The van der Waals surface area contributed by atoms with Crippen molar-refractivity contribution in [2.45, 2.75) is 47.5 Å². The summed E-state index contributed by atoms with van der Waals surface area (Å²) in [6, 6.07) is 8.45. The molecular weight excluding hydrogens is 372 g/mol. The van der Waals surface area contributed by atoms with Crippen LogP contribution in [0.3, 0.4) is 0 Å². The molecule has 2 nitrogen and oxygen atoms in total. The van der Waals surface area contributed by atoms with Crippen molar-refractivity contribution in [3.63, 3.8) is 0 Å². The molecule has 0 saturated carbocycles.